The van der Waals surface area contributed by atoms with Gasteiger partial charge in [0.05, 0.1) is 17.3 Å². The predicted octanol–water partition coefficient (Wildman–Crippen LogP) is 6.62. The number of hydrogen-bond donors (Lipinski definition) is 0. The first-order valence-electron chi connectivity index (χ1n) is 13.6. The molecule has 2 aromatic carbocycles. The van der Waals surface area contributed by atoms with E-state index in [0.29, 0.717) is 41.4 Å². The molecule has 2 aromatic heterocycles. The third-order valence-corrected chi connectivity index (χ3v) is 7.61. The summed E-state index contributed by atoms with van der Waals surface area (Å²) in [6.07, 6.45) is 2.86. The van der Waals surface area contributed by atoms with E-state index in [-0.39, 0.29) is 24.1 Å². The minimum absolute atomic E-state index is 0.0654. The maximum atomic E-state index is 15.2. The third kappa shape index (κ3) is 5.74. The summed E-state index contributed by atoms with van der Waals surface area (Å²) >= 11 is 6.16. The predicted molar refractivity (Wildman–Crippen MR) is 155 cm³/mol. The van der Waals surface area contributed by atoms with Crippen molar-refractivity contribution in [2.24, 2.45) is 0 Å². The molecule has 4 aromatic rings. The SMILES string of the molecule is CCOc1ccc(N2CCN(c3ccc(CCC(=O)c4c(CC)nc5ccc(Cl)cn45)c(F)c3)C[C@@H]2C)cc1. The molecule has 0 N–H and O–H groups in total. The average molecular weight is 549 g/mol. The zero-order valence-corrected chi connectivity index (χ0v) is 23.4. The monoisotopic (exact) mass is 548 g/mol. The fourth-order valence-electron chi connectivity index (χ4n) is 5.39. The highest BCUT2D eigenvalue weighted by Crippen LogP contribution is 2.28. The number of aryl methyl sites for hydroxylation is 2. The topological polar surface area (TPSA) is 50.1 Å². The molecule has 0 unspecified atom stereocenters. The van der Waals surface area contributed by atoms with Crippen molar-refractivity contribution in [2.75, 3.05) is 36.0 Å². The zero-order valence-electron chi connectivity index (χ0n) is 22.7. The number of anilines is 2. The lowest BCUT2D eigenvalue weighted by atomic mass is 10.0. The van der Waals surface area contributed by atoms with E-state index in [1.54, 1.807) is 28.8 Å². The van der Waals surface area contributed by atoms with Gasteiger partial charge in [-0.05, 0) is 80.8 Å². The lowest BCUT2D eigenvalue weighted by Gasteiger charge is -2.42. The number of fused-ring (bicyclic) bond motifs is 1. The summed E-state index contributed by atoms with van der Waals surface area (Å²) in [4.78, 5) is 22.4. The Balaban J connectivity index is 1.23. The molecule has 1 aliphatic rings. The first-order chi connectivity index (χ1) is 18.9. The largest absolute Gasteiger partial charge is 0.494 e. The second-order valence-electron chi connectivity index (χ2n) is 9.95. The number of pyridine rings is 1. The number of piperazine rings is 1. The van der Waals surface area contributed by atoms with Gasteiger partial charge in [-0.3, -0.25) is 9.20 Å². The zero-order chi connectivity index (χ0) is 27.5. The molecule has 0 spiro atoms. The molecule has 0 saturated carbocycles. The van der Waals surface area contributed by atoms with Crippen LogP contribution in [0.25, 0.3) is 5.65 Å². The Bertz CT molecular complexity index is 1470. The van der Waals surface area contributed by atoms with E-state index < -0.39 is 0 Å². The van der Waals surface area contributed by atoms with Crippen molar-refractivity contribution in [3.8, 4) is 5.75 Å². The van der Waals surface area contributed by atoms with E-state index in [4.69, 9.17) is 16.3 Å². The first-order valence-corrected chi connectivity index (χ1v) is 14.0. The van der Waals surface area contributed by atoms with Crippen LogP contribution >= 0.6 is 11.6 Å². The summed E-state index contributed by atoms with van der Waals surface area (Å²) in [5.41, 5.74) is 4.52. The highest BCUT2D eigenvalue weighted by molar-refractivity contribution is 6.30. The van der Waals surface area contributed by atoms with Crippen LogP contribution in [-0.4, -0.2) is 47.5 Å². The van der Waals surface area contributed by atoms with Crippen LogP contribution in [0.4, 0.5) is 15.8 Å². The highest BCUT2D eigenvalue weighted by Gasteiger charge is 2.25. The van der Waals surface area contributed by atoms with Crippen LogP contribution in [-0.2, 0) is 12.8 Å². The second-order valence-corrected chi connectivity index (χ2v) is 10.4. The van der Waals surface area contributed by atoms with Gasteiger partial charge in [0, 0.05) is 49.7 Å². The number of imidazole rings is 1. The number of nitrogens with zero attached hydrogens (tertiary/aromatic N) is 4. The summed E-state index contributed by atoms with van der Waals surface area (Å²) < 4.78 is 22.5. The summed E-state index contributed by atoms with van der Waals surface area (Å²) in [7, 11) is 0. The lowest BCUT2D eigenvalue weighted by Crippen LogP contribution is -2.52. The number of carbonyl (C=O) groups is 1. The van der Waals surface area contributed by atoms with Crippen LogP contribution in [0.15, 0.2) is 60.8 Å². The number of ether oxygens (including phenoxy) is 1. The van der Waals surface area contributed by atoms with Gasteiger partial charge in [0.1, 0.15) is 22.9 Å². The van der Waals surface area contributed by atoms with Crippen LogP contribution < -0.4 is 14.5 Å². The molecule has 0 amide bonds. The molecular weight excluding hydrogens is 515 g/mol. The number of halogens is 2. The highest BCUT2D eigenvalue weighted by atomic mass is 35.5. The molecule has 8 heteroatoms. The molecule has 0 radical (unpaired) electrons. The van der Waals surface area contributed by atoms with Crippen LogP contribution in [0.3, 0.4) is 0 Å². The molecular formula is C31H34ClFN4O2. The van der Waals surface area contributed by atoms with Crippen molar-refractivity contribution in [1.29, 1.82) is 0 Å². The minimum atomic E-state index is -0.279. The molecule has 1 fully saturated rings. The Hall–Kier alpha value is -3.58. The molecule has 39 heavy (non-hydrogen) atoms. The number of rotatable bonds is 9. The molecule has 3 heterocycles. The van der Waals surface area contributed by atoms with E-state index in [0.717, 1.165) is 42.5 Å². The van der Waals surface area contributed by atoms with Gasteiger partial charge in [-0.15, -0.1) is 0 Å². The van der Waals surface area contributed by atoms with Crippen molar-refractivity contribution in [3.05, 3.63) is 88.6 Å². The molecule has 1 saturated heterocycles. The third-order valence-electron chi connectivity index (χ3n) is 7.38. The first kappa shape index (κ1) is 27.0. The number of aromatic nitrogens is 2. The van der Waals surface area contributed by atoms with Crippen LogP contribution in [0.1, 0.15) is 48.9 Å². The fraction of sp³-hybridized carbons (Fsp3) is 0.355. The number of benzene rings is 2. The summed E-state index contributed by atoms with van der Waals surface area (Å²) in [6, 6.07) is 17.4. The van der Waals surface area contributed by atoms with Crippen LogP contribution in [0.5, 0.6) is 5.75 Å². The van der Waals surface area contributed by atoms with Gasteiger partial charge in [0.15, 0.2) is 5.78 Å². The minimum Gasteiger partial charge on any atom is -0.494 e. The standard InChI is InChI=1S/C31H34ClFN4O2/c1-4-28-31(37-20-23(32)8-15-30(37)34-28)29(38)14-7-22-6-9-25(18-27(22)33)35-16-17-36(21(3)19-35)24-10-12-26(13-11-24)39-5-2/h6,8-13,15,18,20-21H,4-5,7,14,16-17,19H2,1-3H3/t21-/m0/s1. The smallest absolute Gasteiger partial charge is 0.181 e. The Labute approximate surface area is 234 Å². The molecule has 1 aliphatic heterocycles. The quantitative estimate of drug-likeness (QED) is 0.220. The average Bonchev–Trinajstić information content (AvgIpc) is 3.30. The van der Waals surface area contributed by atoms with E-state index in [2.05, 4.69) is 33.8 Å². The Morgan fingerprint density at radius 1 is 1.08 bits per heavy atom. The molecule has 6 nitrogen and oxygen atoms in total. The van der Waals surface area contributed by atoms with Gasteiger partial charge in [-0.2, -0.15) is 0 Å². The Morgan fingerprint density at radius 3 is 2.54 bits per heavy atom. The van der Waals surface area contributed by atoms with E-state index >= 15 is 4.39 Å². The van der Waals surface area contributed by atoms with E-state index in [1.807, 2.05) is 38.1 Å². The van der Waals surface area contributed by atoms with Gasteiger partial charge in [-0.25, -0.2) is 9.37 Å². The summed E-state index contributed by atoms with van der Waals surface area (Å²) in [5.74, 6) is 0.529. The summed E-state index contributed by atoms with van der Waals surface area (Å²) in [6.45, 7) is 9.22. The van der Waals surface area contributed by atoms with Gasteiger partial charge in [-0.1, -0.05) is 24.6 Å². The maximum Gasteiger partial charge on any atom is 0.181 e. The number of hydrogen-bond acceptors (Lipinski definition) is 5. The van der Waals surface area contributed by atoms with Crippen molar-refractivity contribution in [1.82, 2.24) is 9.38 Å². The molecule has 204 valence electrons. The molecule has 5 rings (SSSR count). The maximum absolute atomic E-state index is 15.2. The van der Waals surface area contributed by atoms with Gasteiger partial charge in [0.25, 0.3) is 0 Å². The van der Waals surface area contributed by atoms with Gasteiger partial charge in [0.2, 0.25) is 0 Å². The van der Waals surface area contributed by atoms with Gasteiger partial charge >= 0.3 is 0 Å². The summed E-state index contributed by atoms with van der Waals surface area (Å²) in [5, 5.41) is 0.535. The molecule has 1 atom stereocenters. The van der Waals surface area contributed by atoms with E-state index in [9.17, 15) is 4.79 Å². The van der Waals surface area contributed by atoms with Crippen molar-refractivity contribution < 1.29 is 13.9 Å². The number of ketones is 1. The molecule has 0 bridgehead atoms. The normalized spacial score (nSPS) is 15.7. The van der Waals surface area contributed by atoms with E-state index in [1.165, 1.54) is 0 Å². The van der Waals surface area contributed by atoms with Crippen LogP contribution in [0, 0.1) is 5.82 Å². The Morgan fingerprint density at radius 2 is 1.85 bits per heavy atom. The fourth-order valence-corrected chi connectivity index (χ4v) is 5.55. The number of carbonyl (C=O) groups excluding carboxylic acids is 1. The Kier molecular flexibility index (Phi) is 8.07. The van der Waals surface area contributed by atoms with Crippen molar-refractivity contribution in [3.63, 3.8) is 0 Å². The molecule has 0 aliphatic carbocycles. The van der Waals surface area contributed by atoms with Crippen LogP contribution in [0.2, 0.25) is 5.02 Å². The van der Waals surface area contributed by atoms with Crippen molar-refractivity contribution in [2.45, 2.75) is 46.1 Å². The van der Waals surface area contributed by atoms with Gasteiger partial charge < -0.3 is 14.5 Å². The number of Topliss-reactive ketones (excluding diaryl/α,β-unsaturated/α-hetero) is 1. The van der Waals surface area contributed by atoms with Crippen molar-refractivity contribution >= 4 is 34.4 Å². The second kappa shape index (κ2) is 11.7. The lowest BCUT2D eigenvalue weighted by molar-refractivity contribution is 0.0976.